The molecule has 0 aromatic carbocycles. The summed E-state index contributed by atoms with van der Waals surface area (Å²) in [5.41, 5.74) is 1.31. The lowest BCUT2D eigenvalue weighted by Gasteiger charge is -2.34. The third-order valence-corrected chi connectivity index (χ3v) is 3.40. The van der Waals surface area contributed by atoms with E-state index in [4.69, 9.17) is 0 Å². The van der Waals surface area contributed by atoms with Gasteiger partial charge in [-0.15, -0.1) is 0 Å². The minimum atomic E-state index is 0.265. The summed E-state index contributed by atoms with van der Waals surface area (Å²) in [4.78, 5) is 0. The van der Waals surface area contributed by atoms with E-state index in [1.54, 1.807) is 0 Å². The Bertz CT molecular complexity index is 176. The quantitative estimate of drug-likeness (QED) is 0.693. The minimum Gasteiger partial charge on any atom is -0.311 e. The van der Waals surface area contributed by atoms with Gasteiger partial charge in [-0.2, -0.15) is 0 Å². The molecule has 0 atom stereocenters. The first kappa shape index (κ1) is 11.0. The van der Waals surface area contributed by atoms with Crippen molar-refractivity contribution in [2.45, 2.75) is 59.9 Å². The summed E-state index contributed by atoms with van der Waals surface area (Å²) in [7, 11) is 0. The predicted octanol–water partition coefficient (Wildman–Crippen LogP) is 3.20. The van der Waals surface area contributed by atoms with Gasteiger partial charge in [-0.25, -0.2) is 0 Å². The predicted molar refractivity (Wildman–Crippen MR) is 58.9 cm³/mol. The highest BCUT2D eigenvalue weighted by atomic mass is 15.0. The highest BCUT2D eigenvalue weighted by Crippen LogP contribution is 2.57. The molecule has 0 aromatic rings. The normalized spacial score (nSPS) is 21.7. The second-order valence-electron chi connectivity index (χ2n) is 6.63. The average molecular weight is 183 g/mol. The van der Waals surface area contributed by atoms with Gasteiger partial charge in [-0.1, -0.05) is 20.8 Å². The van der Waals surface area contributed by atoms with Gasteiger partial charge in [-0.3, -0.25) is 0 Å². The van der Waals surface area contributed by atoms with E-state index in [1.165, 1.54) is 19.4 Å². The second-order valence-corrected chi connectivity index (χ2v) is 6.63. The van der Waals surface area contributed by atoms with Gasteiger partial charge in [0.05, 0.1) is 0 Å². The molecule has 0 aliphatic heterocycles. The van der Waals surface area contributed by atoms with E-state index >= 15 is 0 Å². The summed E-state index contributed by atoms with van der Waals surface area (Å²) in [6.07, 6.45) is 2.80. The highest BCUT2D eigenvalue weighted by Gasteiger charge is 2.51. The Labute approximate surface area is 83.3 Å². The third kappa shape index (κ3) is 2.70. The third-order valence-electron chi connectivity index (χ3n) is 3.40. The number of hydrogen-bond donors (Lipinski definition) is 1. The molecule has 1 rings (SSSR count). The van der Waals surface area contributed by atoms with Gasteiger partial charge in [0, 0.05) is 12.1 Å². The fourth-order valence-electron chi connectivity index (χ4n) is 1.78. The number of hydrogen-bond acceptors (Lipinski definition) is 1. The van der Waals surface area contributed by atoms with Crippen molar-refractivity contribution < 1.29 is 0 Å². The fourth-order valence-corrected chi connectivity index (χ4v) is 1.78. The molecule has 1 saturated carbocycles. The maximum absolute atomic E-state index is 3.63. The molecule has 1 nitrogen and oxygen atoms in total. The van der Waals surface area contributed by atoms with Crippen molar-refractivity contribution in [2.24, 2.45) is 10.8 Å². The topological polar surface area (TPSA) is 12.0 Å². The molecule has 0 saturated heterocycles. The second kappa shape index (κ2) is 2.98. The summed E-state index contributed by atoms with van der Waals surface area (Å²) in [5, 5.41) is 3.63. The molecule has 1 heteroatoms. The van der Waals surface area contributed by atoms with Crippen LogP contribution in [0.4, 0.5) is 0 Å². The van der Waals surface area contributed by atoms with Crippen LogP contribution in [0.3, 0.4) is 0 Å². The lowest BCUT2D eigenvalue weighted by Crippen LogP contribution is -2.43. The maximum Gasteiger partial charge on any atom is 0.00967 e. The zero-order chi connectivity index (χ0) is 10.3. The van der Waals surface area contributed by atoms with Crippen molar-refractivity contribution in [3.05, 3.63) is 0 Å². The van der Waals surface area contributed by atoms with Gasteiger partial charge in [0.2, 0.25) is 0 Å². The molecule has 0 bridgehead atoms. The lowest BCUT2D eigenvalue weighted by atomic mass is 9.77. The molecule has 1 N–H and O–H groups in total. The Kier molecular flexibility index (Phi) is 2.53. The summed E-state index contributed by atoms with van der Waals surface area (Å²) in [6.45, 7) is 15.0. The molecule has 1 aliphatic carbocycles. The van der Waals surface area contributed by atoms with E-state index in [0.717, 1.165) is 0 Å². The van der Waals surface area contributed by atoms with Crippen molar-refractivity contribution in [2.75, 3.05) is 6.54 Å². The first-order valence-electron chi connectivity index (χ1n) is 5.41. The van der Waals surface area contributed by atoms with Crippen molar-refractivity contribution in [3.8, 4) is 0 Å². The van der Waals surface area contributed by atoms with Gasteiger partial charge in [0.15, 0.2) is 0 Å². The zero-order valence-electron chi connectivity index (χ0n) is 10.1. The van der Waals surface area contributed by atoms with E-state index in [2.05, 4.69) is 46.9 Å². The van der Waals surface area contributed by atoms with Gasteiger partial charge in [-0.05, 0) is 44.4 Å². The van der Waals surface area contributed by atoms with Crippen LogP contribution in [0.1, 0.15) is 54.4 Å². The van der Waals surface area contributed by atoms with Gasteiger partial charge in [0.1, 0.15) is 0 Å². The Hall–Kier alpha value is -0.0400. The van der Waals surface area contributed by atoms with Crippen molar-refractivity contribution in [3.63, 3.8) is 0 Å². The molecule has 0 heterocycles. The Morgan fingerprint density at radius 2 is 1.46 bits per heavy atom. The van der Waals surface area contributed by atoms with Crippen LogP contribution in [0.5, 0.6) is 0 Å². The molecule has 1 aliphatic rings. The van der Waals surface area contributed by atoms with E-state index < -0.39 is 0 Å². The molecule has 0 radical (unpaired) electrons. The van der Waals surface area contributed by atoms with E-state index in [0.29, 0.717) is 10.8 Å². The maximum atomic E-state index is 3.63. The van der Waals surface area contributed by atoms with Crippen LogP contribution in [0.15, 0.2) is 0 Å². The smallest absolute Gasteiger partial charge is 0.00967 e. The number of nitrogens with one attached hydrogen (secondary N) is 1. The SMILES string of the molecule is CC(C)(C)NCC1(C(C)(C)C)CC1. The summed E-state index contributed by atoms with van der Waals surface area (Å²) >= 11 is 0. The molecular weight excluding hydrogens is 158 g/mol. The molecule has 0 amide bonds. The lowest BCUT2D eigenvalue weighted by molar-refractivity contribution is 0.191. The van der Waals surface area contributed by atoms with Crippen LogP contribution in [0.25, 0.3) is 0 Å². The average Bonchev–Trinajstić information content (AvgIpc) is 2.58. The summed E-state index contributed by atoms with van der Waals surface area (Å²) in [5.74, 6) is 0. The molecule has 0 aromatic heterocycles. The first-order chi connectivity index (χ1) is 5.66. The van der Waals surface area contributed by atoms with E-state index in [-0.39, 0.29) is 5.54 Å². The first-order valence-corrected chi connectivity index (χ1v) is 5.41. The summed E-state index contributed by atoms with van der Waals surface area (Å²) < 4.78 is 0. The highest BCUT2D eigenvalue weighted by molar-refractivity contribution is 5.03. The van der Waals surface area contributed by atoms with E-state index in [9.17, 15) is 0 Å². The van der Waals surface area contributed by atoms with Gasteiger partial charge in [0.25, 0.3) is 0 Å². The van der Waals surface area contributed by atoms with Gasteiger partial charge < -0.3 is 5.32 Å². The van der Waals surface area contributed by atoms with Crippen LogP contribution in [-0.4, -0.2) is 12.1 Å². The minimum absolute atomic E-state index is 0.265. The van der Waals surface area contributed by atoms with Crippen LogP contribution in [0, 0.1) is 10.8 Å². The monoisotopic (exact) mass is 183 g/mol. The largest absolute Gasteiger partial charge is 0.311 e. The molecule has 1 fully saturated rings. The van der Waals surface area contributed by atoms with Crippen molar-refractivity contribution >= 4 is 0 Å². The molecule has 13 heavy (non-hydrogen) atoms. The Morgan fingerprint density at radius 3 is 1.69 bits per heavy atom. The van der Waals surface area contributed by atoms with E-state index in [1.807, 2.05) is 0 Å². The Morgan fingerprint density at radius 1 is 1.00 bits per heavy atom. The summed E-state index contributed by atoms with van der Waals surface area (Å²) in [6, 6.07) is 0. The molecule has 0 unspecified atom stereocenters. The molecular formula is C12H25N. The fraction of sp³-hybridized carbons (Fsp3) is 1.00. The molecule has 0 spiro atoms. The van der Waals surface area contributed by atoms with Crippen LogP contribution in [-0.2, 0) is 0 Å². The molecule has 78 valence electrons. The van der Waals surface area contributed by atoms with Crippen molar-refractivity contribution in [1.82, 2.24) is 5.32 Å². The zero-order valence-corrected chi connectivity index (χ0v) is 10.1. The number of rotatable bonds is 2. The van der Waals surface area contributed by atoms with Crippen LogP contribution >= 0.6 is 0 Å². The van der Waals surface area contributed by atoms with Crippen LogP contribution < -0.4 is 5.32 Å². The van der Waals surface area contributed by atoms with Gasteiger partial charge >= 0.3 is 0 Å². The van der Waals surface area contributed by atoms with Crippen molar-refractivity contribution in [1.29, 1.82) is 0 Å². The van der Waals surface area contributed by atoms with Crippen LogP contribution in [0.2, 0.25) is 0 Å². The Balaban J connectivity index is 2.46. The standard InChI is InChI=1S/C12H25N/c1-10(2,3)12(7-8-12)9-13-11(4,5)6/h13H,7-9H2,1-6H3.